The van der Waals surface area contributed by atoms with Crippen LogP contribution < -0.4 is 11.1 Å². The first-order chi connectivity index (χ1) is 9.61. The van der Waals surface area contributed by atoms with E-state index in [9.17, 15) is 0 Å². The largest absolute Gasteiger partial charge is 0.394 e. The van der Waals surface area contributed by atoms with Crippen LogP contribution in [0.3, 0.4) is 0 Å². The molecule has 0 amide bonds. The summed E-state index contributed by atoms with van der Waals surface area (Å²) in [5.41, 5.74) is 10.6. The van der Waals surface area contributed by atoms with Gasteiger partial charge in [0.2, 0.25) is 0 Å². The molecule has 0 bridgehead atoms. The van der Waals surface area contributed by atoms with Crippen molar-refractivity contribution in [1.29, 1.82) is 0 Å². The highest BCUT2D eigenvalue weighted by molar-refractivity contribution is 5.65. The predicted molar refractivity (Wildman–Crippen MR) is 85.0 cm³/mol. The van der Waals surface area contributed by atoms with E-state index in [-0.39, 0.29) is 0 Å². The summed E-state index contributed by atoms with van der Waals surface area (Å²) in [6.45, 7) is 5.12. The number of rotatable bonds is 6. The van der Waals surface area contributed by atoms with Gasteiger partial charge in [-0.1, -0.05) is 43.2 Å². The average molecular weight is 272 g/mol. The fourth-order valence-corrected chi connectivity index (χ4v) is 2.42. The summed E-state index contributed by atoms with van der Waals surface area (Å²) in [6.07, 6.45) is 2.97. The summed E-state index contributed by atoms with van der Waals surface area (Å²) in [5, 5.41) is 7.87. The van der Waals surface area contributed by atoms with E-state index in [4.69, 9.17) is 5.73 Å². The number of nitrogens with one attached hydrogen (secondary N) is 1. The third-order valence-electron chi connectivity index (χ3n) is 3.44. The lowest BCUT2D eigenvalue weighted by Gasteiger charge is -2.08. The van der Waals surface area contributed by atoms with Crippen LogP contribution in [0.2, 0.25) is 0 Å². The zero-order valence-corrected chi connectivity index (χ0v) is 12.6. The zero-order valence-electron chi connectivity index (χ0n) is 12.6. The van der Waals surface area contributed by atoms with Gasteiger partial charge in [0.05, 0.1) is 11.4 Å². The van der Waals surface area contributed by atoms with Crippen LogP contribution in [0.5, 0.6) is 0 Å². The number of nitrogens with zero attached hydrogens (tertiary/aromatic N) is 2. The van der Waals surface area contributed by atoms with E-state index in [1.165, 1.54) is 11.1 Å². The Bertz CT molecular complexity index is 572. The van der Waals surface area contributed by atoms with E-state index >= 15 is 0 Å². The Morgan fingerprint density at radius 3 is 2.80 bits per heavy atom. The molecule has 1 aromatic carbocycles. The number of hydrogen-bond donors (Lipinski definition) is 2. The van der Waals surface area contributed by atoms with Crippen molar-refractivity contribution < 1.29 is 0 Å². The molecule has 0 fully saturated rings. The van der Waals surface area contributed by atoms with E-state index in [1.807, 2.05) is 11.7 Å². The van der Waals surface area contributed by atoms with Gasteiger partial charge in [0.1, 0.15) is 5.82 Å². The Kier molecular flexibility index (Phi) is 4.66. The second-order valence-corrected chi connectivity index (χ2v) is 5.25. The minimum absolute atomic E-state index is 0.790. The van der Waals surface area contributed by atoms with Crippen LogP contribution in [0.4, 0.5) is 11.5 Å². The molecule has 0 saturated heterocycles. The number of benzene rings is 1. The molecule has 1 heterocycles. The normalized spacial score (nSPS) is 10.8. The van der Waals surface area contributed by atoms with Gasteiger partial charge in [-0.2, -0.15) is 5.10 Å². The quantitative estimate of drug-likeness (QED) is 0.850. The van der Waals surface area contributed by atoms with Crippen LogP contribution in [0, 0.1) is 6.92 Å². The summed E-state index contributed by atoms with van der Waals surface area (Å²) in [7, 11) is 1.94. The van der Waals surface area contributed by atoms with E-state index in [0.29, 0.717) is 0 Å². The number of nitrogen functional groups attached to an aromatic ring is 1. The molecule has 0 aliphatic heterocycles. The van der Waals surface area contributed by atoms with Crippen LogP contribution in [-0.4, -0.2) is 16.3 Å². The summed E-state index contributed by atoms with van der Waals surface area (Å²) in [4.78, 5) is 0. The number of aromatic nitrogens is 2. The first kappa shape index (κ1) is 14.4. The van der Waals surface area contributed by atoms with Crippen molar-refractivity contribution >= 4 is 11.5 Å². The fourth-order valence-electron chi connectivity index (χ4n) is 2.42. The number of aryl methyl sites for hydroxylation is 3. The van der Waals surface area contributed by atoms with Crippen LogP contribution in [0.15, 0.2) is 24.3 Å². The third kappa shape index (κ3) is 3.32. The molecule has 20 heavy (non-hydrogen) atoms. The van der Waals surface area contributed by atoms with E-state index in [2.05, 4.69) is 48.5 Å². The molecule has 108 valence electrons. The smallest absolute Gasteiger partial charge is 0.147 e. The first-order valence-corrected chi connectivity index (χ1v) is 7.22. The molecule has 1 aromatic heterocycles. The highest BCUT2D eigenvalue weighted by Crippen LogP contribution is 2.22. The molecule has 0 atom stereocenters. The number of nitrogens with two attached hydrogens (primary N) is 1. The molecule has 0 aliphatic rings. The van der Waals surface area contributed by atoms with Crippen molar-refractivity contribution in [3.05, 3.63) is 41.1 Å². The molecular weight excluding hydrogens is 248 g/mol. The molecule has 2 rings (SSSR count). The third-order valence-corrected chi connectivity index (χ3v) is 3.44. The van der Waals surface area contributed by atoms with Gasteiger partial charge in [0.25, 0.3) is 0 Å². The lowest BCUT2D eigenvalue weighted by molar-refractivity contribution is 0.734. The highest BCUT2D eigenvalue weighted by atomic mass is 15.3. The summed E-state index contributed by atoms with van der Waals surface area (Å²) in [6, 6.07) is 8.59. The maximum absolute atomic E-state index is 6.15. The maximum Gasteiger partial charge on any atom is 0.147 e. The van der Waals surface area contributed by atoms with Crippen molar-refractivity contribution in [3.63, 3.8) is 0 Å². The van der Waals surface area contributed by atoms with E-state index in [1.54, 1.807) is 0 Å². The standard InChI is InChI=1S/C16H24N4/c1-4-6-14-15(17)16(20(3)19-14)18-10-9-13-8-5-7-12(2)11-13/h5,7-8,11,18H,4,6,9-10,17H2,1-3H3. The van der Waals surface area contributed by atoms with Gasteiger partial charge in [-0.3, -0.25) is 4.68 Å². The van der Waals surface area contributed by atoms with Crippen molar-refractivity contribution in [3.8, 4) is 0 Å². The zero-order chi connectivity index (χ0) is 14.5. The van der Waals surface area contributed by atoms with Crippen molar-refractivity contribution in [2.24, 2.45) is 7.05 Å². The molecule has 0 aliphatic carbocycles. The Balaban J connectivity index is 1.97. The monoisotopic (exact) mass is 272 g/mol. The number of hydrogen-bond acceptors (Lipinski definition) is 3. The van der Waals surface area contributed by atoms with Gasteiger partial charge in [-0.05, 0) is 25.3 Å². The SMILES string of the molecule is CCCc1nn(C)c(NCCc2cccc(C)c2)c1N. The first-order valence-electron chi connectivity index (χ1n) is 7.22. The van der Waals surface area contributed by atoms with Gasteiger partial charge >= 0.3 is 0 Å². The molecular formula is C16H24N4. The lowest BCUT2D eigenvalue weighted by Crippen LogP contribution is -2.10. The molecule has 4 nitrogen and oxygen atoms in total. The molecule has 2 aromatic rings. The van der Waals surface area contributed by atoms with Crippen LogP contribution in [0.25, 0.3) is 0 Å². The van der Waals surface area contributed by atoms with Crippen LogP contribution >= 0.6 is 0 Å². The van der Waals surface area contributed by atoms with E-state index in [0.717, 1.165) is 43.0 Å². The minimum Gasteiger partial charge on any atom is -0.394 e. The molecule has 0 radical (unpaired) electrons. The molecule has 0 unspecified atom stereocenters. The summed E-state index contributed by atoms with van der Waals surface area (Å²) < 4.78 is 1.84. The van der Waals surface area contributed by atoms with Gasteiger partial charge in [-0.25, -0.2) is 0 Å². The Labute approximate surface area is 121 Å². The van der Waals surface area contributed by atoms with Crippen LogP contribution in [-0.2, 0) is 19.9 Å². The molecule has 0 spiro atoms. The van der Waals surface area contributed by atoms with Gasteiger partial charge < -0.3 is 11.1 Å². The number of anilines is 2. The van der Waals surface area contributed by atoms with Gasteiger partial charge in [-0.15, -0.1) is 0 Å². The van der Waals surface area contributed by atoms with Gasteiger partial charge in [0.15, 0.2) is 0 Å². The second kappa shape index (κ2) is 6.46. The van der Waals surface area contributed by atoms with Crippen molar-refractivity contribution in [2.45, 2.75) is 33.1 Å². The minimum atomic E-state index is 0.790. The summed E-state index contributed by atoms with van der Waals surface area (Å²) >= 11 is 0. The second-order valence-electron chi connectivity index (χ2n) is 5.25. The highest BCUT2D eigenvalue weighted by Gasteiger charge is 2.11. The van der Waals surface area contributed by atoms with E-state index < -0.39 is 0 Å². The Morgan fingerprint density at radius 1 is 1.30 bits per heavy atom. The molecule has 4 heteroatoms. The topological polar surface area (TPSA) is 55.9 Å². The summed E-state index contributed by atoms with van der Waals surface area (Å²) in [5.74, 6) is 0.932. The Hall–Kier alpha value is -1.97. The fraction of sp³-hybridized carbons (Fsp3) is 0.438. The van der Waals surface area contributed by atoms with Crippen molar-refractivity contribution in [1.82, 2.24) is 9.78 Å². The average Bonchev–Trinajstić information content (AvgIpc) is 2.67. The lowest BCUT2D eigenvalue weighted by atomic mass is 10.1. The van der Waals surface area contributed by atoms with Gasteiger partial charge in [0, 0.05) is 13.6 Å². The van der Waals surface area contributed by atoms with Crippen LogP contribution in [0.1, 0.15) is 30.2 Å². The molecule has 0 saturated carbocycles. The predicted octanol–water partition coefficient (Wildman–Crippen LogP) is 2.92. The Morgan fingerprint density at radius 2 is 2.10 bits per heavy atom. The maximum atomic E-state index is 6.15. The van der Waals surface area contributed by atoms with Crippen molar-refractivity contribution in [2.75, 3.05) is 17.6 Å². The molecule has 3 N–H and O–H groups in total.